The first-order valence-electron chi connectivity index (χ1n) is 6.39. The third-order valence-corrected chi connectivity index (χ3v) is 3.81. The summed E-state index contributed by atoms with van der Waals surface area (Å²) in [5.41, 5.74) is 2.38. The van der Waals surface area contributed by atoms with E-state index in [1.165, 1.54) is 18.9 Å². The van der Waals surface area contributed by atoms with E-state index in [1.54, 1.807) is 6.26 Å². The van der Waals surface area contributed by atoms with E-state index in [2.05, 4.69) is 15.6 Å². The van der Waals surface area contributed by atoms with E-state index >= 15 is 0 Å². The first-order chi connectivity index (χ1) is 9.83. The van der Waals surface area contributed by atoms with Crippen LogP contribution in [0.1, 0.15) is 32.4 Å². The van der Waals surface area contributed by atoms with Gasteiger partial charge in [-0.1, -0.05) is 32.5 Å². The van der Waals surface area contributed by atoms with E-state index in [9.17, 15) is 9.59 Å². The maximum absolute atomic E-state index is 12.5. The molecule has 1 aromatic heterocycles. The van der Waals surface area contributed by atoms with Crippen molar-refractivity contribution in [2.45, 2.75) is 38.1 Å². The van der Waals surface area contributed by atoms with E-state index in [0.29, 0.717) is 0 Å². The van der Waals surface area contributed by atoms with Gasteiger partial charge in [0.1, 0.15) is 5.69 Å². The van der Waals surface area contributed by atoms with Crippen molar-refractivity contribution in [3.63, 3.8) is 0 Å². The Kier molecular flexibility index (Phi) is 6.16. The number of rotatable bonds is 7. The lowest BCUT2D eigenvalue weighted by Gasteiger charge is -2.20. The van der Waals surface area contributed by atoms with Crippen molar-refractivity contribution in [2.75, 3.05) is 18.8 Å². The smallest absolute Gasteiger partial charge is 0.355 e. The Morgan fingerprint density at radius 3 is 2.43 bits per heavy atom. The molecule has 0 aliphatic rings. The predicted molar refractivity (Wildman–Crippen MR) is 79.1 cm³/mol. The Morgan fingerprint density at radius 1 is 1.38 bits per heavy atom. The van der Waals surface area contributed by atoms with Crippen molar-refractivity contribution in [3.8, 4) is 0 Å². The van der Waals surface area contributed by atoms with Gasteiger partial charge in [-0.15, -0.1) is 10.2 Å². The second kappa shape index (κ2) is 7.41. The van der Waals surface area contributed by atoms with Crippen molar-refractivity contribution in [1.29, 1.82) is 0 Å². The van der Waals surface area contributed by atoms with Crippen molar-refractivity contribution in [3.05, 3.63) is 16.0 Å². The van der Waals surface area contributed by atoms with Crippen LogP contribution in [0, 0.1) is 5.92 Å². The number of nitrogens with one attached hydrogen (secondary N) is 1. The monoisotopic (exact) mass is 316 g/mol. The fourth-order valence-electron chi connectivity index (χ4n) is 1.56. The van der Waals surface area contributed by atoms with Gasteiger partial charge in [-0.05, 0) is 12.2 Å². The van der Waals surface area contributed by atoms with Crippen LogP contribution in [-0.2, 0) is 9.53 Å². The molecule has 2 unspecified atom stereocenters. The van der Waals surface area contributed by atoms with Crippen molar-refractivity contribution >= 4 is 17.7 Å². The number of hydrogen-bond acceptors (Lipinski definition) is 7. The van der Waals surface area contributed by atoms with E-state index in [0.717, 1.165) is 4.68 Å². The number of ether oxygens (including phenoxy) is 1. The number of carbonyl (C=O) groups is 1. The molecule has 1 rings (SSSR count). The van der Waals surface area contributed by atoms with Crippen LogP contribution in [0.25, 0.3) is 0 Å². The van der Waals surface area contributed by atoms with E-state index in [4.69, 9.17) is 9.84 Å². The quantitative estimate of drug-likeness (QED) is 0.560. The minimum absolute atomic E-state index is 0.0974. The second-order valence-electron chi connectivity index (χ2n) is 4.83. The van der Waals surface area contributed by atoms with Crippen LogP contribution < -0.4 is 11.0 Å². The number of thioether (sulfide) groups is 1. The zero-order valence-electron chi connectivity index (χ0n) is 12.7. The molecule has 8 nitrogen and oxygen atoms in total. The molecular formula is C12H20N4O4S. The molecule has 0 saturated carbocycles. The molecule has 9 heteroatoms. The molecule has 21 heavy (non-hydrogen) atoms. The molecule has 1 heterocycles. The number of carboxylic acid groups (broad SMARTS) is 1. The van der Waals surface area contributed by atoms with Crippen LogP contribution in [0.3, 0.4) is 0 Å². The van der Waals surface area contributed by atoms with Gasteiger partial charge in [-0.2, -0.15) is 4.68 Å². The second-order valence-corrected chi connectivity index (χ2v) is 5.60. The summed E-state index contributed by atoms with van der Waals surface area (Å²) in [6.07, 6.45) is 0.371. The lowest BCUT2D eigenvalue weighted by atomic mass is 9.95. The maximum atomic E-state index is 12.5. The largest absolute Gasteiger partial charge is 0.478 e. The molecule has 1 aromatic rings. The molecule has 0 amide bonds. The van der Waals surface area contributed by atoms with Gasteiger partial charge in [0.15, 0.2) is 0 Å². The van der Waals surface area contributed by atoms with Gasteiger partial charge in [0.25, 0.3) is 5.56 Å². The summed E-state index contributed by atoms with van der Waals surface area (Å²) in [6, 6.07) is 0. The topological polar surface area (TPSA) is 106 Å². The molecule has 0 saturated heterocycles. The lowest BCUT2D eigenvalue weighted by molar-refractivity contribution is -0.147. The minimum Gasteiger partial charge on any atom is -0.478 e. The van der Waals surface area contributed by atoms with Crippen molar-refractivity contribution in [1.82, 2.24) is 14.9 Å². The summed E-state index contributed by atoms with van der Waals surface area (Å²) in [4.78, 5) is 23.5. The summed E-state index contributed by atoms with van der Waals surface area (Å²) in [7, 11) is 1.24. The summed E-state index contributed by atoms with van der Waals surface area (Å²) < 4.78 is 5.87. The zero-order valence-corrected chi connectivity index (χ0v) is 13.5. The highest BCUT2D eigenvalue weighted by Crippen LogP contribution is 2.19. The number of aromatic nitrogens is 3. The molecule has 0 aliphatic carbocycles. The zero-order chi connectivity index (χ0) is 16.2. The van der Waals surface area contributed by atoms with E-state index < -0.39 is 17.8 Å². The third kappa shape index (κ3) is 3.94. The van der Waals surface area contributed by atoms with Gasteiger partial charge in [0.05, 0.1) is 0 Å². The average Bonchev–Trinajstić information content (AvgIpc) is 2.44. The van der Waals surface area contributed by atoms with Crippen LogP contribution in [0.2, 0.25) is 0 Å². The first kappa shape index (κ1) is 17.4. The van der Waals surface area contributed by atoms with Crippen molar-refractivity contribution in [2.24, 2.45) is 5.92 Å². The Balaban J connectivity index is 3.31. The SMILES string of the molecule is COC(Nn1c(SC)nnc(C(C)C(C)C)c1=O)C(=O)O. The van der Waals surface area contributed by atoms with E-state index in [1.807, 2.05) is 20.8 Å². The number of nitrogens with zero attached hydrogens (tertiary/aromatic N) is 3. The number of methoxy groups -OCH3 is 1. The van der Waals surface area contributed by atoms with E-state index in [-0.39, 0.29) is 22.7 Å². The van der Waals surface area contributed by atoms with Gasteiger partial charge in [0, 0.05) is 13.0 Å². The van der Waals surface area contributed by atoms with Crippen LogP contribution in [-0.4, -0.2) is 45.5 Å². The molecule has 0 spiro atoms. The number of hydrogen-bond donors (Lipinski definition) is 2. The molecule has 0 aliphatic heterocycles. The number of aliphatic carboxylic acids is 1. The highest BCUT2D eigenvalue weighted by Gasteiger charge is 2.23. The van der Waals surface area contributed by atoms with Gasteiger partial charge < -0.3 is 9.84 Å². The van der Waals surface area contributed by atoms with Gasteiger partial charge in [-0.25, -0.2) is 4.79 Å². The maximum Gasteiger partial charge on any atom is 0.355 e. The number of carboxylic acids is 1. The van der Waals surface area contributed by atoms with Gasteiger partial charge in [0.2, 0.25) is 11.4 Å². The highest BCUT2D eigenvalue weighted by atomic mass is 32.2. The van der Waals surface area contributed by atoms with Crippen LogP contribution >= 0.6 is 11.8 Å². The summed E-state index contributed by atoms with van der Waals surface area (Å²) in [5, 5.41) is 17.2. The molecule has 0 aromatic carbocycles. The fraction of sp³-hybridized carbons (Fsp3) is 0.667. The van der Waals surface area contributed by atoms with Gasteiger partial charge in [-0.3, -0.25) is 10.2 Å². The molecule has 0 bridgehead atoms. The molecule has 2 N–H and O–H groups in total. The van der Waals surface area contributed by atoms with Gasteiger partial charge >= 0.3 is 5.97 Å². The molecule has 2 atom stereocenters. The molecule has 0 fully saturated rings. The van der Waals surface area contributed by atoms with Crippen molar-refractivity contribution < 1.29 is 14.6 Å². The predicted octanol–water partition coefficient (Wildman–Crippen LogP) is 0.720. The Morgan fingerprint density at radius 2 is 2.00 bits per heavy atom. The minimum atomic E-state index is -1.35. The third-order valence-electron chi connectivity index (χ3n) is 3.18. The Bertz CT molecular complexity index is 561. The molecule has 0 radical (unpaired) electrons. The highest BCUT2D eigenvalue weighted by molar-refractivity contribution is 7.98. The Labute approximate surface area is 126 Å². The molecule has 118 valence electrons. The molecular weight excluding hydrogens is 296 g/mol. The fourth-order valence-corrected chi connectivity index (χ4v) is 2.00. The summed E-state index contributed by atoms with van der Waals surface area (Å²) in [5.74, 6) is -1.12. The first-order valence-corrected chi connectivity index (χ1v) is 7.61. The normalized spacial score (nSPS) is 14.0. The van der Waals surface area contributed by atoms with Crippen LogP contribution in [0.4, 0.5) is 0 Å². The Hall–Kier alpha value is -1.61. The van der Waals surface area contributed by atoms with Crippen LogP contribution in [0.15, 0.2) is 9.95 Å². The summed E-state index contributed by atoms with van der Waals surface area (Å²) >= 11 is 1.18. The lowest BCUT2D eigenvalue weighted by Crippen LogP contribution is -2.44. The average molecular weight is 316 g/mol. The van der Waals surface area contributed by atoms with Crippen LogP contribution in [0.5, 0.6) is 0 Å². The summed E-state index contributed by atoms with van der Waals surface area (Å²) in [6.45, 7) is 5.83. The standard InChI is InChI=1S/C12H20N4O4S/c1-6(2)7(3)8-10(17)16(12(21-5)14-13-8)15-9(20-4)11(18)19/h6-7,9,15H,1-5H3,(H,18,19).